The minimum Gasteiger partial charge on any atom is -0.386 e. The Labute approximate surface area is 94.3 Å². The van der Waals surface area contributed by atoms with Gasteiger partial charge in [-0.3, -0.25) is 4.68 Å². The van der Waals surface area contributed by atoms with E-state index in [4.69, 9.17) is 5.73 Å². The van der Waals surface area contributed by atoms with Crippen LogP contribution in [0.5, 0.6) is 0 Å². The average molecular weight is 217 g/mol. The third kappa shape index (κ3) is 2.13. The van der Waals surface area contributed by atoms with Crippen LogP contribution in [0.4, 0.5) is 0 Å². The summed E-state index contributed by atoms with van der Waals surface area (Å²) in [6, 6.07) is 9.13. The first-order valence-electron chi connectivity index (χ1n) is 5.15. The Kier molecular flexibility index (Phi) is 3.03. The number of aromatic nitrogens is 2. The molecule has 0 saturated carbocycles. The van der Waals surface area contributed by atoms with Crippen LogP contribution in [0.15, 0.2) is 42.7 Å². The molecule has 0 spiro atoms. The summed E-state index contributed by atoms with van der Waals surface area (Å²) in [7, 11) is 1.81. The first-order chi connectivity index (χ1) is 7.68. The number of hydrogen-bond acceptors (Lipinski definition) is 3. The van der Waals surface area contributed by atoms with Gasteiger partial charge in [0.05, 0.1) is 12.2 Å². The van der Waals surface area contributed by atoms with Crippen molar-refractivity contribution in [3.63, 3.8) is 0 Å². The van der Waals surface area contributed by atoms with Crippen molar-refractivity contribution in [2.75, 3.05) is 0 Å². The third-order valence-corrected chi connectivity index (χ3v) is 2.59. The summed E-state index contributed by atoms with van der Waals surface area (Å²) in [5, 5.41) is 14.1. The molecule has 1 aromatic carbocycles. The zero-order valence-corrected chi connectivity index (χ0v) is 9.12. The van der Waals surface area contributed by atoms with Crippen LogP contribution >= 0.6 is 0 Å². The molecule has 0 amide bonds. The van der Waals surface area contributed by atoms with Gasteiger partial charge in [-0.2, -0.15) is 5.10 Å². The van der Waals surface area contributed by atoms with E-state index in [9.17, 15) is 5.11 Å². The van der Waals surface area contributed by atoms with Crippen molar-refractivity contribution in [2.24, 2.45) is 12.8 Å². The maximum absolute atomic E-state index is 10.1. The molecular weight excluding hydrogens is 202 g/mol. The molecule has 0 radical (unpaired) electrons. The normalized spacial score (nSPS) is 14.7. The Balaban J connectivity index is 2.19. The van der Waals surface area contributed by atoms with Gasteiger partial charge in [0.15, 0.2) is 0 Å². The van der Waals surface area contributed by atoms with E-state index in [1.165, 1.54) is 0 Å². The van der Waals surface area contributed by atoms with E-state index in [0.29, 0.717) is 0 Å². The summed E-state index contributed by atoms with van der Waals surface area (Å²) in [6.45, 7) is 0. The summed E-state index contributed by atoms with van der Waals surface area (Å²) < 4.78 is 1.65. The number of aliphatic hydroxyl groups is 1. The van der Waals surface area contributed by atoms with Crippen LogP contribution < -0.4 is 5.73 Å². The zero-order valence-electron chi connectivity index (χ0n) is 9.12. The van der Waals surface area contributed by atoms with E-state index in [2.05, 4.69) is 5.10 Å². The molecule has 4 nitrogen and oxygen atoms in total. The first kappa shape index (κ1) is 10.9. The molecule has 2 rings (SSSR count). The summed E-state index contributed by atoms with van der Waals surface area (Å²) in [6.07, 6.45) is 2.68. The largest absolute Gasteiger partial charge is 0.386 e. The number of rotatable bonds is 3. The second-order valence-electron chi connectivity index (χ2n) is 3.83. The number of hydrogen-bond donors (Lipinski definition) is 2. The molecule has 0 aliphatic carbocycles. The summed E-state index contributed by atoms with van der Waals surface area (Å²) in [5.74, 6) is 0. The highest BCUT2D eigenvalue weighted by Crippen LogP contribution is 2.25. The molecule has 84 valence electrons. The van der Waals surface area contributed by atoms with Crippen molar-refractivity contribution in [1.29, 1.82) is 0 Å². The van der Waals surface area contributed by atoms with Crippen LogP contribution in [0, 0.1) is 0 Å². The van der Waals surface area contributed by atoms with Crippen molar-refractivity contribution in [3.8, 4) is 0 Å². The van der Waals surface area contributed by atoms with Crippen molar-refractivity contribution in [1.82, 2.24) is 9.78 Å². The smallest absolute Gasteiger partial charge is 0.101 e. The minimum absolute atomic E-state index is 0.426. The topological polar surface area (TPSA) is 64.1 Å². The summed E-state index contributed by atoms with van der Waals surface area (Å²) in [5.41, 5.74) is 7.64. The number of aliphatic hydroxyl groups excluding tert-OH is 1. The van der Waals surface area contributed by atoms with Crippen LogP contribution in [0.2, 0.25) is 0 Å². The molecule has 0 aliphatic heterocycles. The molecule has 1 aromatic heterocycles. The van der Waals surface area contributed by atoms with E-state index in [1.807, 2.05) is 37.4 Å². The fourth-order valence-electron chi connectivity index (χ4n) is 1.66. The van der Waals surface area contributed by atoms with Crippen molar-refractivity contribution >= 4 is 0 Å². The molecule has 2 aromatic rings. The second-order valence-corrected chi connectivity index (χ2v) is 3.83. The molecule has 0 aliphatic rings. The summed E-state index contributed by atoms with van der Waals surface area (Å²) >= 11 is 0. The van der Waals surface area contributed by atoms with E-state index in [0.717, 1.165) is 11.1 Å². The molecule has 0 bridgehead atoms. The van der Waals surface area contributed by atoms with Crippen LogP contribution in [0.1, 0.15) is 23.3 Å². The standard InChI is InChI=1S/C12H15N3O/c1-15-8-10(7-14-15)12(16)11(13)9-5-3-2-4-6-9/h2-8,11-12,16H,13H2,1H3. The highest BCUT2D eigenvalue weighted by molar-refractivity contribution is 5.23. The van der Waals surface area contributed by atoms with Crippen LogP contribution in [0.25, 0.3) is 0 Å². The Morgan fingerprint density at radius 2 is 1.94 bits per heavy atom. The van der Waals surface area contributed by atoms with E-state index in [-0.39, 0.29) is 0 Å². The Morgan fingerprint density at radius 3 is 2.50 bits per heavy atom. The van der Waals surface area contributed by atoms with Crippen LogP contribution in [-0.4, -0.2) is 14.9 Å². The molecule has 2 unspecified atom stereocenters. The predicted molar refractivity (Wildman–Crippen MR) is 61.5 cm³/mol. The molecule has 2 atom stereocenters. The van der Waals surface area contributed by atoms with E-state index < -0.39 is 12.1 Å². The van der Waals surface area contributed by atoms with E-state index in [1.54, 1.807) is 17.1 Å². The van der Waals surface area contributed by atoms with Crippen molar-refractivity contribution in [3.05, 3.63) is 53.9 Å². The van der Waals surface area contributed by atoms with Gasteiger partial charge in [0, 0.05) is 18.8 Å². The predicted octanol–water partition coefficient (Wildman–Crippen LogP) is 1.15. The molecule has 1 heterocycles. The first-order valence-corrected chi connectivity index (χ1v) is 5.15. The lowest BCUT2D eigenvalue weighted by molar-refractivity contribution is 0.147. The Hall–Kier alpha value is -1.65. The van der Waals surface area contributed by atoms with E-state index >= 15 is 0 Å². The maximum atomic E-state index is 10.1. The molecule has 0 fully saturated rings. The number of nitrogens with two attached hydrogens (primary N) is 1. The number of aryl methyl sites for hydroxylation is 1. The monoisotopic (exact) mass is 217 g/mol. The highest BCUT2D eigenvalue weighted by Gasteiger charge is 2.19. The maximum Gasteiger partial charge on any atom is 0.101 e. The van der Waals surface area contributed by atoms with Gasteiger partial charge in [0.2, 0.25) is 0 Å². The second kappa shape index (κ2) is 4.47. The Bertz CT molecular complexity index is 452. The van der Waals surface area contributed by atoms with Crippen LogP contribution in [-0.2, 0) is 7.05 Å². The molecular formula is C12H15N3O. The third-order valence-electron chi connectivity index (χ3n) is 2.59. The van der Waals surface area contributed by atoms with Gasteiger partial charge in [-0.05, 0) is 5.56 Å². The fourth-order valence-corrected chi connectivity index (χ4v) is 1.66. The van der Waals surface area contributed by atoms with Gasteiger partial charge < -0.3 is 10.8 Å². The number of nitrogens with zero attached hydrogens (tertiary/aromatic N) is 2. The van der Waals surface area contributed by atoms with Crippen molar-refractivity contribution in [2.45, 2.75) is 12.1 Å². The Morgan fingerprint density at radius 1 is 1.25 bits per heavy atom. The molecule has 16 heavy (non-hydrogen) atoms. The lowest BCUT2D eigenvalue weighted by Crippen LogP contribution is -2.19. The quantitative estimate of drug-likeness (QED) is 0.810. The SMILES string of the molecule is Cn1cc(C(O)C(N)c2ccccc2)cn1. The molecule has 0 saturated heterocycles. The zero-order chi connectivity index (χ0) is 11.5. The highest BCUT2D eigenvalue weighted by atomic mass is 16.3. The molecule has 3 N–H and O–H groups in total. The van der Waals surface area contributed by atoms with Gasteiger partial charge in [0.1, 0.15) is 6.10 Å². The molecule has 4 heteroatoms. The fraction of sp³-hybridized carbons (Fsp3) is 0.250. The average Bonchev–Trinajstić information content (AvgIpc) is 2.75. The van der Waals surface area contributed by atoms with Gasteiger partial charge in [-0.25, -0.2) is 0 Å². The van der Waals surface area contributed by atoms with Crippen molar-refractivity contribution < 1.29 is 5.11 Å². The van der Waals surface area contributed by atoms with Gasteiger partial charge in [0.25, 0.3) is 0 Å². The lowest BCUT2D eigenvalue weighted by Gasteiger charge is -2.17. The minimum atomic E-state index is -0.726. The lowest BCUT2D eigenvalue weighted by atomic mass is 9.99. The van der Waals surface area contributed by atoms with Crippen LogP contribution in [0.3, 0.4) is 0 Å². The summed E-state index contributed by atoms with van der Waals surface area (Å²) in [4.78, 5) is 0. The van der Waals surface area contributed by atoms with Gasteiger partial charge >= 0.3 is 0 Å². The number of benzene rings is 1. The van der Waals surface area contributed by atoms with Gasteiger partial charge in [-0.15, -0.1) is 0 Å². The van der Waals surface area contributed by atoms with Gasteiger partial charge in [-0.1, -0.05) is 30.3 Å².